The summed E-state index contributed by atoms with van der Waals surface area (Å²) in [6, 6.07) is 3.77. The molecule has 0 spiro atoms. The maximum Gasteiger partial charge on any atom is 0.385 e. The van der Waals surface area contributed by atoms with Crippen molar-refractivity contribution in [2.24, 2.45) is 0 Å². The Balaban J connectivity index is 3.71. The summed E-state index contributed by atoms with van der Waals surface area (Å²) in [6.45, 7) is 3.25. The summed E-state index contributed by atoms with van der Waals surface area (Å²) in [5, 5.41) is 0. The van der Waals surface area contributed by atoms with E-state index in [0.717, 1.165) is 24.3 Å². The first-order chi connectivity index (χ1) is 17.5. The van der Waals surface area contributed by atoms with Gasteiger partial charge in [0.2, 0.25) is 0 Å². The molecule has 0 fully saturated rings. The number of benzene rings is 1. The van der Waals surface area contributed by atoms with Crippen LogP contribution in [-0.4, -0.2) is 59.2 Å². The van der Waals surface area contributed by atoms with Crippen molar-refractivity contribution < 1.29 is 79.4 Å². The van der Waals surface area contributed by atoms with Crippen LogP contribution in [0.3, 0.4) is 0 Å². The Bertz CT molecular complexity index is 1060. The van der Waals surface area contributed by atoms with E-state index in [9.17, 15) is 74.6 Å². The highest BCUT2D eigenvalue weighted by Crippen LogP contribution is 2.65. The lowest BCUT2D eigenvalue weighted by molar-refractivity contribution is -0.460. The zero-order chi connectivity index (χ0) is 32.2. The Kier molecular flexibility index (Phi) is 9.02. The fourth-order valence-electron chi connectivity index (χ4n) is 3.09. The van der Waals surface area contributed by atoms with E-state index in [-0.39, 0.29) is 26.3 Å². The van der Waals surface area contributed by atoms with Crippen LogP contribution >= 0.6 is 0 Å². The van der Waals surface area contributed by atoms with Crippen molar-refractivity contribution in [1.29, 1.82) is 0 Å². The second kappa shape index (κ2) is 10.1. The van der Waals surface area contributed by atoms with Gasteiger partial charge in [-0.1, -0.05) is 31.7 Å². The lowest BCUT2D eigenvalue weighted by Crippen LogP contribution is -2.77. The van der Waals surface area contributed by atoms with E-state index in [2.05, 4.69) is 11.3 Å². The summed E-state index contributed by atoms with van der Waals surface area (Å²) < 4.78 is 242. The SMILES string of the molecule is C=Cc1cccc(OC(C)(C)C(F)(F)C(F)(F)C(F)(F)C(F)(F)C(F)(F)C(F)(F)C(F)(F)C(F)(F)C(F)CC)c1. The van der Waals surface area contributed by atoms with E-state index in [1.165, 1.54) is 6.07 Å². The van der Waals surface area contributed by atoms with Gasteiger partial charge in [0.1, 0.15) is 5.75 Å². The highest BCUT2D eigenvalue weighted by molar-refractivity contribution is 5.49. The zero-order valence-electron chi connectivity index (χ0n) is 20.2. The van der Waals surface area contributed by atoms with Crippen LogP contribution in [0.15, 0.2) is 30.8 Å². The molecule has 1 aromatic rings. The van der Waals surface area contributed by atoms with Crippen LogP contribution < -0.4 is 4.74 Å². The minimum atomic E-state index is -8.62. The van der Waals surface area contributed by atoms with Crippen LogP contribution in [0.25, 0.3) is 6.08 Å². The predicted octanol–water partition coefficient (Wildman–Crippen LogP) is 9.32. The minimum Gasteiger partial charge on any atom is -0.481 e. The van der Waals surface area contributed by atoms with Gasteiger partial charge >= 0.3 is 47.4 Å². The van der Waals surface area contributed by atoms with Gasteiger partial charge in [-0.2, -0.15) is 70.2 Å². The molecule has 0 amide bonds. The Morgan fingerprint density at radius 2 is 1.05 bits per heavy atom. The van der Waals surface area contributed by atoms with Crippen molar-refractivity contribution in [2.75, 3.05) is 0 Å². The van der Waals surface area contributed by atoms with Gasteiger partial charge in [0, 0.05) is 0 Å². The van der Waals surface area contributed by atoms with E-state index in [4.69, 9.17) is 0 Å². The van der Waals surface area contributed by atoms with E-state index in [0.29, 0.717) is 0 Å². The summed E-state index contributed by atoms with van der Waals surface area (Å²) in [4.78, 5) is 0. The van der Waals surface area contributed by atoms with Gasteiger partial charge in [0.15, 0.2) is 11.8 Å². The molecule has 0 aliphatic carbocycles. The first kappa shape index (κ1) is 35.6. The molecule has 40 heavy (non-hydrogen) atoms. The lowest BCUT2D eigenvalue weighted by atomic mass is 9.83. The molecule has 0 bridgehead atoms. The van der Waals surface area contributed by atoms with Gasteiger partial charge < -0.3 is 4.74 Å². The Morgan fingerprint density at radius 3 is 1.43 bits per heavy atom. The van der Waals surface area contributed by atoms with Crippen molar-refractivity contribution in [3.8, 4) is 5.75 Å². The summed E-state index contributed by atoms with van der Waals surface area (Å²) in [5.74, 6) is -64.3. The average molecular weight is 622 g/mol. The molecule has 0 saturated carbocycles. The Morgan fingerprint density at radius 1 is 0.675 bits per heavy atom. The van der Waals surface area contributed by atoms with Crippen LogP contribution in [-0.2, 0) is 0 Å². The number of hydrogen-bond acceptors (Lipinski definition) is 1. The smallest absolute Gasteiger partial charge is 0.385 e. The summed E-state index contributed by atoms with van der Waals surface area (Å²) in [5.41, 5.74) is -4.02. The summed E-state index contributed by atoms with van der Waals surface area (Å²) in [7, 11) is 0. The predicted molar refractivity (Wildman–Crippen MR) is 106 cm³/mol. The number of halogens is 17. The molecule has 0 aliphatic rings. The molecule has 0 heterocycles. The maximum absolute atomic E-state index is 14.7. The molecule has 1 unspecified atom stereocenters. The molecule has 1 aromatic carbocycles. The minimum absolute atomic E-state index is 0.0402. The van der Waals surface area contributed by atoms with E-state index >= 15 is 0 Å². The molecule has 1 nitrogen and oxygen atoms in total. The van der Waals surface area contributed by atoms with Gasteiger partial charge in [-0.25, -0.2) is 4.39 Å². The zero-order valence-corrected chi connectivity index (χ0v) is 20.2. The summed E-state index contributed by atoms with van der Waals surface area (Å²) in [6.07, 6.45) is -5.25. The fraction of sp³-hybridized carbons (Fsp3) is 0.636. The highest BCUT2D eigenvalue weighted by Gasteiger charge is 2.96. The highest BCUT2D eigenvalue weighted by atomic mass is 19.4. The van der Waals surface area contributed by atoms with Gasteiger partial charge in [-0.05, 0) is 38.0 Å². The lowest BCUT2D eigenvalue weighted by Gasteiger charge is -2.46. The van der Waals surface area contributed by atoms with Crippen molar-refractivity contribution in [2.45, 2.75) is 86.3 Å². The van der Waals surface area contributed by atoms with Crippen LogP contribution in [0, 0.1) is 0 Å². The Hall–Kier alpha value is -2.43. The number of ether oxygens (including phenoxy) is 1. The van der Waals surface area contributed by atoms with Gasteiger partial charge in [0.25, 0.3) is 0 Å². The van der Waals surface area contributed by atoms with Crippen molar-refractivity contribution in [1.82, 2.24) is 0 Å². The molecule has 0 aromatic heterocycles. The Labute approximate surface area is 215 Å². The molecule has 1 atom stereocenters. The van der Waals surface area contributed by atoms with Crippen LogP contribution in [0.5, 0.6) is 5.75 Å². The van der Waals surface area contributed by atoms with Crippen molar-refractivity contribution in [3.05, 3.63) is 36.4 Å². The van der Waals surface area contributed by atoms with Crippen LogP contribution in [0.4, 0.5) is 74.6 Å². The molecule has 0 aliphatic heterocycles. The maximum atomic E-state index is 14.7. The quantitative estimate of drug-likeness (QED) is 0.199. The van der Waals surface area contributed by atoms with E-state index in [1.807, 2.05) is 0 Å². The molecule has 0 N–H and O–H groups in total. The normalized spacial score (nSPS) is 16.1. The third-order valence-electron chi connectivity index (χ3n) is 5.76. The topological polar surface area (TPSA) is 9.23 Å². The molecule has 0 radical (unpaired) electrons. The number of hydrogen-bond donors (Lipinski definition) is 0. The second-order valence-corrected chi connectivity index (χ2v) is 8.91. The van der Waals surface area contributed by atoms with E-state index < -0.39 is 71.3 Å². The number of rotatable bonds is 13. The molecule has 0 saturated heterocycles. The molecule has 18 heteroatoms. The second-order valence-electron chi connectivity index (χ2n) is 8.91. The fourth-order valence-corrected chi connectivity index (χ4v) is 3.09. The summed E-state index contributed by atoms with van der Waals surface area (Å²) >= 11 is 0. The van der Waals surface area contributed by atoms with Gasteiger partial charge in [-0.15, -0.1) is 0 Å². The molecule has 1 rings (SSSR count). The molecule has 232 valence electrons. The van der Waals surface area contributed by atoms with Gasteiger partial charge in [-0.3, -0.25) is 0 Å². The van der Waals surface area contributed by atoms with Gasteiger partial charge in [0.05, 0.1) is 0 Å². The van der Waals surface area contributed by atoms with Crippen molar-refractivity contribution >= 4 is 6.08 Å². The first-order valence-electron chi connectivity index (χ1n) is 10.6. The van der Waals surface area contributed by atoms with Crippen LogP contribution in [0.1, 0.15) is 32.8 Å². The van der Waals surface area contributed by atoms with E-state index in [1.54, 1.807) is 0 Å². The van der Waals surface area contributed by atoms with Crippen LogP contribution in [0.2, 0.25) is 0 Å². The standard InChI is InChI=1S/C22H19F17O/c1-5-11-8-7-9-12(10-11)40-14(3,4)16(26,27)18(30,31)20(34,35)22(38,39)21(36,37)19(32,33)17(28,29)15(24,25)13(23)6-2/h5,7-10,13H,1,6H2,2-4H3. The van der Waals surface area contributed by atoms with Crippen molar-refractivity contribution in [3.63, 3.8) is 0 Å². The largest absolute Gasteiger partial charge is 0.481 e. The monoisotopic (exact) mass is 622 g/mol. The first-order valence-corrected chi connectivity index (χ1v) is 10.6. The third kappa shape index (κ3) is 4.75. The third-order valence-corrected chi connectivity index (χ3v) is 5.76. The number of alkyl halides is 17. The molecular formula is C22H19F17O. The average Bonchev–Trinajstić information content (AvgIpc) is 2.82. The molecular weight excluding hydrogens is 603 g/mol.